The molecule has 1 aliphatic rings. The number of H-pyrrole nitrogens is 1. The summed E-state index contributed by atoms with van der Waals surface area (Å²) in [5, 5.41) is 7.18. The van der Waals surface area contributed by atoms with E-state index in [2.05, 4.69) is 35.0 Å². The number of hydrogen-bond donors (Lipinski definition) is 1. The monoisotopic (exact) mass is 193 g/mol. The molecule has 1 saturated heterocycles. The maximum absolute atomic E-state index is 4.28. The summed E-state index contributed by atoms with van der Waals surface area (Å²) < 4.78 is 0. The van der Waals surface area contributed by atoms with Gasteiger partial charge in [-0.05, 0) is 39.3 Å². The van der Waals surface area contributed by atoms with Crippen LogP contribution < -0.4 is 0 Å². The van der Waals surface area contributed by atoms with E-state index in [1.54, 1.807) is 0 Å². The van der Waals surface area contributed by atoms with E-state index in [9.17, 15) is 0 Å². The van der Waals surface area contributed by atoms with Gasteiger partial charge < -0.3 is 4.90 Å². The highest BCUT2D eigenvalue weighted by Gasteiger charge is 2.23. The second-order valence-electron chi connectivity index (χ2n) is 4.43. The molecule has 0 aromatic carbocycles. The summed E-state index contributed by atoms with van der Waals surface area (Å²) in [6.07, 6.45) is 4.51. The molecule has 1 N–H and O–H groups in total. The fourth-order valence-electron chi connectivity index (χ4n) is 2.22. The number of piperidine rings is 1. The lowest BCUT2D eigenvalue weighted by Gasteiger charge is -2.34. The van der Waals surface area contributed by atoms with Gasteiger partial charge in [0.25, 0.3) is 0 Å². The first-order valence-corrected chi connectivity index (χ1v) is 5.51. The normalized spacial score (nSPS) is 24.4. The van der Waals surface area contributed by atoms with E-state index >= 15 is 0 Å². The van der Waals surface area contributed by atoms with Crippen LogP contribution in [0.15, 0.2) is 12.3 Å². The maximum atomic E-state index is 4.28. The lowest BCUT2D eigenvalue weighted by Crippen LogP contribution is -2.39. The van der Waals surface area contributed by atoms with Gasteiger partial charge in [-0.25, -0.2) is 0 Å². The van der Waals surface area contributed by atoms with Crippen molar-refractivity contribution in [1.29, 1.82) is 0 Å². The number of likely N-dealkylation sites (tertiary alicyclic amines) is 1. The van der Waals surface area contributed by atoms with Crippen molar-refractivity contribution in [1.82, 2.24) is 15.1 Å². The highest BCUT2D eigenvalue weighted by Crippen LogP contribution is 2.25. The number of hydrogen-bond acceptors (Lipinski definition) is 2. The largest absolute Gasteiger partial charge is 0.300 e. The van der Waals surface area contributed by atoms with E-state index in [4.69, 9.17) is 0 Å². The molecule has 3 heteroatoms. The van der Waals surface area contributed by atoms with Gasteiger partial charge in [-0.1, -0.05) is 0 Å². The Balaban J connectivity index is 2.01. The number of aromatic nitrogens is 2. The van der Waals surface area contributed by atoms with Crippen molar-refractivity contribution in [2.45, 2.75) is 38.6 Å². The van der Waals surface area contributed by atoms with Crippen LogP contribution in [-0.4, -0.2) is 34.2 Å². The van der Waals surface area contributed by atoms with Crippen molar-refractivity contribution in [3.8, 4) is 0 Å². The van der Waals surface area contributed by atoms with Crippen LogP contribution in [0.25, 0.3) is 0 Å². The quantitative estimate of drug-likeness (QED) is 0.779. The Hall–Kier alpha value is -0.830. The second-order valence-corrected chi connectivity index (χ2v) is 4.43. The standard InChI is InChI=1S/C11H19N3/c1-9(2)14-7-3-4-10(8-14)11-5-6-12-13-11/h5-6,9-10H,3-4,7-8H2,1-2H3,(H,12,13). The van der Waals surface area contributed by atoms with Gasteiger partial charge in [0, 0.05) is 24.7 Å². The summed E-state index contributed by atoms with van der Waals surface area (Å²) in [6.45, 7) is 6.96. The molecule has 0 saturated carbocycles. The minimum Gasteiger partial charge on any atom is -0.300 e. The highest BCUT2D eigenvalue weighted by molar-refractivity contribution is 5.07. The third-order valence-corrected chi connectivity index (χ3v) is 3.12. The molecule has 3 nitrogen and oxygen atoms in total. The summed E-state index contributed by atoms with van der Waals surface area (Å²) in [4.78, 5) is 2.54. The molecule has 0 bridgehead atoms. The first-order valence-electron chi connectivity index (χ1n) is 5.51. The Morgan fingerprint density at radius 3 is 3.07 bits per heavy atom. The molecule has 1 unspecified atom stereocenters. The lowest BCUT2D eigenvalue weighted by atomic mass is 9.94. The van der Waals surface area contributed by atoms with Crippen LogP contribution in [0.1, 0.15) is 38.3 Å². The van der Waals surface area contributed by atoms with Gasteiger partial charge in [-0.2, -0.15) is 5.10 Å². The summed E-state index contributed by atoms with van der Waals surface area (Å²) in [6, 6.07) is 2.77. The second kappa shape index (κ2) is 4.13. The molecule has 14 heavy (non-hydrogen) atoms. The molecule has 78 valence electrons. The van der Waals surface area contributed by atoms with Crippen molar-refractivity contribution in [2.75, 3.05) is 13.1 Å². The van der Waals surface area contributed by atoms with Crippen LogP contribution >= 0.6 is 0 Å². The predicted octanol–water partition coefficient (Wildman–Crippen LogP) is 2.00. The molecule has 1 atom stereocenters. The minimum absolute atomic E-state index is 0.636. The Kier molecular flexibility index (Phi) is 2.87. The summed E-state index contributed by atoms with van der Waals surface area (Å²) in [5.74, 6) is 0.636. The topological polar surface area (TPSA) is 31.9 Å². The van der Waals surface area contributed by atoms with Crippen molar-refractivity contribution >= 4 is 0 Å². The SMILES string of the molecule is CC(C)N1CCCC(c2cc[nH]n2)C1. The number of rotatable bonds is 2. The van der Waals surface area contributed by atoms with Gasteiger partial charge in [0.05, 0.1) is 5.69 Å². The van der Waals surface area contributed by atoms with E-state index in [-0.39, 0.29) is 0 Å². The van der Waals surface area contributed by atoms with Crippen molar-refractivity contribution in [3.05, 3.63) is 18.0 Å². The van der Waals surface area contributed by atoms with Gasteiger partial charge in [-0.3, -0.25) is 5.10 Å². The zero-order valence-corrected chi connectivity index (χ0v) is 9.03. The third-order valence-electron chi connectivity index (χ3n) is 3.12. The smallest absolute Gasteiger partial charge is 0.0665 e. The fourth-order valence-corrected chi connectivity index (χ4v) is 2.22. The van der Waals surface area contributed by atoms with Crippen LogP contribution in [0.3, 0.4) is 0 Å². The van der Waals surface area contributed by atoms with Crippen molar-refractivity contribution in [2.24, 2.45) is 0 Å². The Morgan fingerprint density at radius 1 is 1.57 bits per heavy atom. The van der Waals surface area contributed by atoms with E-state index < -0.39 is 0 Å². The molecule has 2 heterocycles. The predicted molar refractivity (Wildman–Crippen MR) is 57.3 cm³/mol. The van der Waals surface area contributed by atoms with Crippen molar-refractivity contribution in [3.63, 3.8) is 0 Å². The summed E-state index contributed by atoms with van der Waals surface area (Å²) >= 11 is 0. The molecule has 2 rings (SSSR count). The Bertz CT molecular complexity index is 266. The molecule has 1 aliphatic heterocycles. The molecule has 0 aliphatic carbocycles. The molecule has 0 spiro atoms. The molecule has 1 aromatic rings. The first kappa shape index (κ1) is 9.71. The fraction of sp³-hybridized carbons (Fsp3) is 0.727. The van der Waals surface area contributed by atoms with E-state index in [0.29, 0.717) is 12.0 Å². The van der Waals surface area contributed by atoms with Crippen LogP contribution in [0.5, 0.6) is 0 Å². The number of nitrogens with zero attached hydrogens (tertiary/aromatic N) is 2. The van der Waals surface area contributed by atoms with Crippen LogP contribution in [0.4, 0.5) is 0 Å². The molecular weight excluding hydrogens is 174 g/mol. The highest BCUT2D eigenvalue weighted by atomic mass is 15.2. The van der Waals surface area contributed by atoms with E-state index in [0.717, 1.165) is 0 Å². The van der Waals surface area contributed by atoms with Gasteiger partial charge in [-0.15, -0.1) is 0 Å². The summed E-state index contributed by atoms with van der Waals surface area (Å²) in [5.41, 5.74) is 1.23. The van der Waals surface area contributed by atoms with Crippen molar-refractivity contribution < 1.29 is 0 Å². The van der Waals surface area contributed by atoms with E-state index in [1.165, 1.54) is 31.6 Å². The van der Waals surface area contributed by atoms with Gasteiger partial charge in [0.15, 0.2) is 0 Å². The van der Waals surface area contributed by atoms with Gasteiger partial charge in [0.1, 0.15) is 0 Å². The summed E-state index contributed by atoms with van der Waals surface area (Å²) in [7, 11) is 0. The Morgan fingerprint density at radius 2 is 2.43 bits per heavy atom. The maximum Gasteiger partial charge on any atom is 0.0665 e. The van der Waals surface area contributed by atoms with E-state index in [1.807, 2.05) is 6.20 Å². The van der Waals surface area contributed by atoms with Crippen LogP contribution in [-0.2, 0) is 0 Å². The molecule has 1 aromatic heterocycles. The zero-order valence-electron chi connectivity index (χ0n) is 9.03. The lowest BCUT2D eigenvalue weighted by molar-refractivity contribution is 0.166. The number of nitrogens with one attached hydrogen (secondary N) is 1. The average Bonchev–Trinajstić information content (AvgIpc) is 2.71. The van der Waals surface area contributed by atoms with Crippen LogP contribution in [0.2, 0.25) is 0 Å². The first-order chi connectivity index (χ1) is 6.77. The third kappa shape index (κ3) is 1.98. The Labute approximate surface area is 85.5 Å². The molecular formula is C11H19N3. The number of aromatic amines is 1. The zero-order chi connectivity index (χ0) is 9.97. The minimum atomic E-state index is 0.636. The molecule has 0 amide bonds. The molecule has 1 fully saturated rings. The molecule has 0 radical (unpaired) electrons. The van der Waals surface area contributed by atoms with Gasteiger partial charge in [0.2, 0.25) is 0 Å². The van der Waals surface area contributed by atoms with Crippen LogP contribution in [0, 0.1) is 0 Å². The average molecular weight is 193 g/mol. The van der Waals surface area contributed by atoms with Gasteiger partial charge >= 0.3 is 0 Å².